The van der Waals surface area contributed by atoms with Crippen molar-refractivity contribution in [3.8, 4) is 0 Å². The van der Waals surface area contributed by atoms with Gasteiger partial charge >= 0.3 is 0 Å². The highest BCUT2D eigenvalue weighted by Gasteiger charge is 2.47. The largest absolute Gasteiger partial charge is 0.379 e. The molecule has 0 radical (unpaired) electrons. The van der Waals surface area contributed by atoms with Gasteiger partial charge in [-0.2, -0.15) is 21.4 Å². The molecule has 1 heterocycles. The third-order valence-electron chi connectivity index (χ3n) is 6.81. The summed E-state index contributed by atoms with van der Waals surface area (Å²) >= 11 is 0. The molecule has 208 valence electrons. The van der Waals surface area contributed by atoms with Crippen LogP contribution in [0.3, 0.4) is 0 Å². The van der Waals surface area contributed by atoms with E-state index in [0.717, 1.165) is 29.1 Å². The standard InChI is InChI=1S/C27H36N2O7S2/c1-4-36-21(2)15-18-29-25-13-12-23(38(33,34)35)20-24(25)27(3,16-8-9-19-37(30,31)32)26(29)14-17-28-22-10-6-5-7-11-22/h5-7,10-14,17,20-21H,4,8-9,15-16,18-19H2,1-3H3,(H2,30,31,32,33,34,35)/p+1. The molecule has 0 saturated heterocycles. The molecular formula is C27H37N2O7S2+. The minimum Gasteiger partial charge on any atom is -0.379 e. The zero-order valence-corrected chi connectivity index (χ0v) is 23.6. The van der Waals surface area contributed by atoms with E-state index >= 15 is 0 Å². The van der Waals surface area contributed by atoms with Crippen molar-refractivity contribution in [3.63, 3.8) is 0 Å². The molecule has 3 N–H and O–H groups in total. The Hall–Kier alpha value is -2.57. The second-order valence-electron chi connectivity index (χ2n) is 9.66. The van der Waals surface area contributed by atoms with Crippen LogP contribution in [0.4, 0.5) is 11.4 Å². The number of hydrogen-bond acceptors (Lipinski definition) is 6. The minimum atomic E-state index is -4.43. The van der Waals surface area contributed by atoms with Crippen LogP contribution in [0.5, 0.6) is 0 Å². The van der Waals surface area contributed by atoms with Crippen molar-refractivity contribution in [1.82, 2.24) is 0 Å². The van der Waals surface area contributed by atoms with Crippen molar-refractivity contribution in [2.45, 2.75) is 62.9 Å². The fourth-order valence-electron chi connectivity index (χ4n) is 4.89. The molecule has 0 fully saturated rings. The van der Waals surface area contributed by atoms with Gasteiger partial charge in [-0.05, 0) is 57.9 Å². The Morgan fingerprint density at radius 1 is 1.08 bits per heavy atom. The molecule has 2 aromatic rings. The fourth-order valence-corrected chi connectivity index (χ4v) is 5.96. The van der Waals surface area contributed by atoms with Crippen LogP contribution in [-0.2, 0) is 30.4 Å². The Morgan fingerprint density at radius 3 is 2.42 bits per heavy atom. The van der Waals surface area contributed by atoms with Gasteiger partial charge in [-0.3, -0.25) is 9.11 Å². The lowest BCUT2D eigenvalue weighted by Crippen LogP contribution is -2.32. The number of fused-ring (bicyclic) bond motifs is 1. The Labute approximate surface area is 225 Å². The normalized spacial score (nSPS) is 18.7. The second kappa shape index (κ2) is 12.5. The van der Waals surface area contributed by atoms with Gasteiger partial charge in [-0.25, -0.2) is 0 Å². The maximum absolute atomic E-state index is 12.0. The van der Waals surface area contributed by atoms with Crippen LogP contribution in [0.1, 0.15) is 52.0 Å². The fraction of sp³-hybridized carbons (Fsp3) is 0.444. The first-order valence-electron chi connectivity index (χ1n) is 12.7. The highest BCUT2D eigenvalue weighted by atomic mass is 32.2. The van der Waals surface area contributed by atoms with Crippen molar-refractivity contribution >= 4 is 37.3 Å². The number of anilines is 1. The number of hydrogen-bond donors (Lipinski definition) is 3. The van der Waals surface area contributed by atoms with Gasteiger partial charge in [0, 0.05) is 42.6 Å². The van der Waals surface area contributed by atoms with Crippen molar-refractivity contribution in [3.05, 3.63) is 66.4 Å². The molecule has 0 aliphatic carbocycles. The van der Waals surface area contributed by atoms with Gasteiger partial charge in [0.1, 0.15) is 0 Å². The summed E-state index contributed by atoms with van der Waals surface area (Å²) in [6.07, 6.45) is 5.72. The molecule has 0 aromatic heterocycles. The van der Waals surface area contributed by atoms with Crippen LogP contribution in [0.2, 0.25) is 0 Å². The number of nitrogens with zero attached hydrogens (tertiary/aromatic N) is 1. The van der Waals surface area contributed by atoms with Gasteiger partial charge in [0.25, 0.3) is 20.2 Å². The Balaban J connectivity index is 2.06. The number of unbranched alkanes of at least 4 members (excludes halogenated alkanes) is 1. The van der Waals surface area contributed by atoms with Crippen LogP contribution in [0.25, 0.3) is 0 Å². The average molecular weight is 566 g/mol. The molecule has 11 heteroatoms. The van der Waals surface area contributed by atoms with E-state index in [1.165, 1.54) is 12.1 Å². The third-order valence-corrected chi connectivity index (χ3v) is 8.47. The molecule has 1 aliphatic heterocycles. The smallest absolute Gasteiger partial charge is 0.294 e. The molecule has 3 rings (SSSR count). The molecule has 1 aliphatic rings. The number of rotatable bonds is 14. The second-order valence-corrected chi connectivity index (χ2v) is 12.7. The van der Waals surface area contributed by atoms with Crippen molar-refractivity contribution in [1.29, 1.82) is 0 Å². The minimum absolute atomic E-state index is 0.00910. The van der Waals surface area contributed by atoms with Crippen molar-refractivity contribution in [2.75, 3.05) is 24.2 Å². The Kier molecular flexibility index (Phi) is 9.88. The Bertz CT molecular complexity index is 1390. The number of benzene rings is 2. The summed E-state index contributed by atoms with van der Waals surface area (Å²) in [4.78, 5) is -0.198. The number of ether oxygens (including phenoxy) is 1. The van der Waals surface area contributed by atoms with Gasteiger partial charge < -0.3 is 10.1 Å². The first kappa shape index (κ1) is 30.0. The maximum atomic E-state index is 12.0. The molecule has 38 heavy (non-hydrogen) atoms. The van der Waals surface area contributed by atoms with Crippen molar-refractivity contribution in [2.24, 2.45) is 0 Å². The summed E-state index contributed by atoms with van der Waals surface area (Å²) < 4.78 is 73.3. The number of para-hydroxylation sites is 1. The van der Waals surface area contributed by atoms with Crippen LogP contribution in [0, 0.1) is 0 Å². The van der Waals surface area contributed by atoms with Crippen LogP contribution < -0.4 is 5.32 Å². The zero-order valence-electron chi connectivity index (χ0n) is 22.0. The highest BCUT2D eigenvalue weighted by Crippen LogP contribution is 2.44. The number of allylic oxidation sites excluding steroid dienone is 1. The maximum Gasteiger partial charge on any atom is 0.294 e. The topological polar surface area (TPSA) is 133 Å². The molecular weight excluding hydrogens is 528 g/mol. The molecule has 0 spiro atoms. The predicted molar refractivity (Wildman–Crippen MR) is 149 cm³/mol. The van der Waals surface area contributed by atoms with E-state index in [1.54, 1.807) is 6.07 Å². The summed E-state index contributed by atoms with van der Waals surface area (Å²) in [6.45, 7) is 7.13. The molecule has 2 aromatic carbocycles. The average Bonchev–Trinajstić information content (AvgIpc) is 3.07. The zero-order chi connectivity index (χ0) is 28.0. The first-order valence-corrected chi connectivity index (χ1v) is 15.7. The highest BCUT2D eigenvalue weighted by molar-refractivity contribution is 7.86. The van der Waals surface area contributed by atoms with Gasteiger partial charge in [0.05, 0.1) is 22.2 Å². The molecule has 2 atom stereocenters. The summed E-state index contributed by atoms with van der Waals surface area (Å²) in [5, 5.41) is 3.26. The predicted octanol–water partition coefficient (Wildman–Crippen LogP) is 4.79. The summed E-state index contributed by atoms with van der Waals surface area (Å²) in [5.41, 5.74) is 2.65. The monoisotopic (exact) mass is 565 g/mol. The first-order chi connectivity index (χ1) is 17.8. The van der Waals surface area contributed by atoms with E-state index in [0.29, 0.717) is 26.0 Å². The molecule has 9 nitrogen and oxygen atoms in total. The molecule has 2 unspecified atom stereocenters. The molecule has 0 amide bonds. The lowest BCUT2D eigenvalue weighted by molar-refractivity contribution is -0.440. The van der Waals surface area contributed by atoms with E-state index in [4.69, 9.17) is 4.74 Å². The molecule has 0 bridgehead atoms. The SMILES string of the molecule is CCOC(C)CC[N+]1=C(/C=C/Nc2ccccc2)C(C)(CCCCS(=O)(=O)O)c2cc(S(=O)(=O)O)ccc21. The van der Waals surface area contributed by atoms with Crippen molar-refractivity contribution < 1.29 is 35.3 Å². The third kappa shape index (κ3) is 7.73. The van der Waals surface area contributed by atoms with Gasteiger partial charge in [0.2, 0.25) is 5.69 Å². The van der Waals surface area contributed by atoms with E-state index in [2.05, 4.69) is 9.89 Å². The van der Waals surface area contributed by atoms with E-state index in [9.17, 15) is 25.9 Å². The molecule has 0 saturated carbocycles. The number of nitrogens with one attached hydrogen (secondary N) is 1. The van der Waals surface area contributed by atoms with Crippen LogP contribution in [-0.4, -0.2) is 61.2 Å². The van der Waals surface area contributed by atoms with Gasteiger partial charge in [-0.1, -0.05) is 24.6 Å². The van der Waals surface area contributed by atoms with E-state index in [1.807, 2.05) is 63.4 Å². The summed E-state index contributed by atoms with van der Waals surface area (Å²) in [7, 11) is -8.52. The van der Waals surface area contributed by atoms with Gasteiger partial charge in [0.15, 0.2) is 12.3 Å². The van der Waals surface area contributed by atoms with Crippen LogP contribution >= 0.6 is 0 Å². The lowest BCUT2D eigenvalue weighted by Gasteiger charge is -2.23. The van der Waals surface area contributed by atoms with Gasteiger partial charge in [-0.15, -0.1) is 0 Å². The lowest BCUT2D eigenvalue weighted by atomic mass is 9.75. The van der Waals surface area contributed by atoms with E-state index in [-0.39, 0.29) is 23.2 Å². The Morgan fingerprint density at radius 2 is 1.79 bits per heavy atom. The summed E-state index contributed by atoms with van der Waals surface area (Å²) in [6, 6.07) is 14.2. The van der Waals surface area contributed by atoms with Crippen LogP contribution in [0.15, 0.2) is 65.7 Å². The quantitative estimate of drug-likeness (QED) is 0.169. The summed E-state index contributed by atoms with van der Waals surface area (Å²) in [5.74, 6) is -0.350. The van der Waals surface area contributed by atoms with E-state index < -0.39 is 25.7 Å².